The number of rotatable bonds is 3. The molecule has 0 spiro atoms. The fraction of sp³-hybridized carbons (Fsp3) is 0.917. The van der Waals surface area contributed by atoms with Crippen molar-refractivity contribution < 1.29 is 9.53 Å². The lowest BCUT2D eigenvalue weighted by Crippen LogP contribution is -2.58. The third-order valence-corrected chi connectivity index (χ3v) is 4.31. The molecular weight excluding hydrogens is 218 g/mol. The van der Waals surface area contributed by atoms with Crippen LogP contribution >= 0.6 is 0 Å². The third-order valence-electron chi connectivity index (χ3n) is 4.31. The van der Waals surface area contributed by atoms with E-state index in [1.807, 2.05) is 0 Å². The Balaban J connectivity index is 1.99. The number of primary amides is 1. The Hall–Kier alpha value is -0.650. The van der Waals surface area contributed by atoms with Gasteiger partial charge >= 0.3 is 0 Å². The molecule has 1 saturated heterocycles. The molecule has 4 N–H and O–H groups in total. The molecule has 0 aromatic heterocycles. The number of hydrogen-bond donors (Lipinski definition) is 2. The minimum absolute atomic E-state index is 0.355. The van der Waals surface area contributed by atoms with Crippen LogP contribution in [-0.2, 0) is 9.53 Å². The molecule has 3 atom stereocenters. The average molecular weight is 241 g/mol. The van der Waals surface area contributed by atoms with E-state index in [0.717, 1.165) is 32.5 Å². The molecule has 0 radical (unpaired) electrons. The number of likely N-dealkylation sites (N-methyl/N-ethyl adjacent to an activating group) is 1. The molecule has 5 nitrogen and oxygen atoms in total. The van der Waals surface area contributed by atoms with E-state index >= 15 is 0 Å². The van der Waals surface area contributed by atoms with Crippen LogP contribution in [0.2, 0.25) is 0 Å². The van der Waals surface area contributed by atoms with E-state index < -0.39 is 5.54 Å². The van der Waals surface area contributed by atoms with Crippen LogP contribution in [0.25, 0.3) is 0 Å². The van der Waals surface area contributed by atoms with Crippen LogP contribution < -0.4 is 11.5 Å². The summed E-state index contributed by atoms with van der Waals surface area (Å²) in [6, 6.07) is 0.822. The van der Waals surface area contributed by atoms with E-state index in [-0.39, 0.29) is 5.91 Å². The smallest absolute Gasteiger partial charge is 0.237 e. The minimum atomic E-state index is -0.809. The predicted molar refractivity (Wildman–Crippen MR) is 65.4 cm³/mol. The van der Waals surface area contributed by atoms with Gasteiger partial charge in [-0.2, -0.15) is 0 Å². The van der Waals surface area contributed by atoms with Crippen molar-refractivity contribution in [3.63, 3.8) is 0 Å². The van der Waals surface area contributed by atoms with Gasteiger partial charge in [0.2, 0.25) is 5.91 Å². The number of ether oxygens (including phenoxy) is 1. The van der Waals surface area contributed by atoms with Crippen LogP contribution in [-0.4, -0.2) is 48.7 Å². The fourth-order valence-electron chi connectivity index (χ4n) is 2.99. The molecule has 2 aliphatic rings. The van der Waals surface area contributed by atoms with E-state index in [0.29, 0.717) is 24.9 Å². The summed E-state index contributed by atoms with van der Waals surface area (Å²) >= 11 is 0. The quantitative estimate of drug-likeness (QED) is 0.719. The van der Waals surface area contributed by atoms with Crippen molar-refractivity contribution in [1.29, 1.82) is 0 Å². The highest BCUT2D eigenvalue weighted by molar-refractivity contribution is 5.84. The summed E-state index contributed by atoms with van der Waals surface area (Å²) in [5.41, 5.74) is 10.7. The van der Waals surface area contributed by atoms with Gasteiger partial charge in [0.25, 0.3) is 0 Å². The highest BCUT2D eigenvalue weighted by Gasteiger charge is 2.40. The van der Waals surface area contributed by atoms with Crippen molar-refractivity contribution in [1.82, 2.24) is 4.90 Å². The van der Waals surface area contributed by atoms with Gasteiger partial charge < -0.3 is 16.2 Å². The van der Waals surface area contributed by atoms with E-state index in [4.69, 9.17) is 16.2 Å². The molecule has 5 heteroatoms. The molecule has 2 fully saturated rings. The zero-order chi connectivity index (χ0) is 12.5. The zero-order valence-electron chi connectivity index (χ0n) is 10.5. The van der Waals surface area contributed by atoms with Crippen LogP contribution in [0.15, 0.2) is 0 Å². The summed E-state index contributed by atoms with van der Waals surface area (Å²) in [4.78, 5) is 13.7. The van der Waals surface area contributed by atoms with Crippen LogP contribution in [0.5, 0.6) is 0 Å². The lowest BCUT2D eigenvalue weighted by atomic mass is 9.78. The van der Waals surface area contributed by atoms with Gasteiger partial charge in [0, 0.05) is 18.7 Å². The molecule has 0 bridgehead atoms. The molecule has 1 heterocycles. The van der Waals surface area contributed by atoms with Gasteiger partial charge in [0.1, 0.15) is 0 Å². The number of nitrogens with two attached hydrogens (primary N) is 2. The highest BCUT2D eigenvalue weighted by atomic mass is 16.5. The Bertz CT molecular complexity index is 291. The summed E-state index contributed by atoms with van der Waals surface area (Å²) in [6.45, 7) is 1.63. The van der Waals surface area contributed by atoms with Crippen LogP contribution in [0.1, 0.15) is 32.1 Å². The third kappa shape index (κ3) is 2.61. The van der Waals surface area contributed by atoms with Gasteiger partial charge in [-0.25, -0.2) is 0 Å². The first-order valence-electron chi connectivity index (χ1n) is 6.41. The molecule has 1 saturated carbocycles. The number of hydrogen-bond acceptors (Lipinski definition) is 4. The van der Waals surface area contributed by atoms with Crippen molar-refractivity contribution in [2.45, 2.75) is 49.7 Å². The maximum Gasteiger partial charge on any atom is 0.237 e. The summed E-state index contributed by atoms with van der Waals surface area (Å²) in [6.07, 6.45) is 4.53. The van der Waals surface area contributed by atoms with Crippen molar-refractivity contribution >= 4 is 5.91 Å². The molecule has 1 aliphatic carbocycles. The maximum absolute atomic E-state index is 11.4. The molecule has 98 valence electrons. The monoisotopic (exact) mass is 241 g/mol. The summed E-state index contributed by atoms with van der Waals surface area (Å²) in [5, 5.41) is 0. The number of carbonyl (C=O) groups excluding carboxylic acids is 1. The molecule has 3 unspecified atom stereocenters. The predicted octanol–water partition coefficient (Wildman–Crippen LogP) is -0.167. The Kier molecular flexibility index (Phi) is 3.70. The second kappa shape index (κ2) is 4.92. The Morgan fingerprint density at radius 2 is 2.18 bits per heavy atom. The van der Waals surface area contributed by atoms with Gasteiger partial charge in [-0.15, -0.1) is 0 Å². The number of carbonyl (C=O) groups is 1. The zero-order valence-corrected chi connectivity index (χ0v) is 10.5. The van der Waals surface area contributed by atoms with Gasteiger partial charge in [-0.05, 0) is 39.2 Å². The Morgan fingerprint density at radius 3 is 2.76 bits per heavy atom. The highest BCUT2D eigenvalue weighted by Crippen LogP contribution is 2.30. The molecule has 17 heavy (non-hydrogen) atoms. The molecule has 2 rings (SSSR count). The van der Waals surface area contributed by atoms with Crippen LogP contribution in [0.3, 0.4) is 0 Å². The fourth-order valence-corrected chi connectivity index (χ4v) is 2.99. The summed E-state index contributed by atoms with van der Waals surface area (Å²) in [7, 11) is 2.11. The number of amides is 1. The molecule has 1 aliphatic heterocycles. The lowest BCUT2D eigenvalue weighted by Gasteiger charge is -2.41. The van der Waals surface area contributed by atoms with Gasteiger partial charge in [-0.3, -0.25) is 9.69 Å². The van der Waals surface area contributed by atoms with E-state index in [2.05, 4.69) is 11.9 Å². The second-order valence-electron chi connectivity index (χ2n) is 5.45. The Labute approximate surface area is 102 Å². The van der Waals surface area contributed by atoms with E-state index in [1.165, 1.54) is 0 Å². The summed E-state index contributed by atoms with van der Waals surface area (Å²) in [5.74, 6) is -0.363. The standard InChI is InChI=1S/C12H23N3O2/c1-15(10-4-6-17-8-10)9-3-2-5-12(14,7-9)11(13)16/h9-10H,2-8,14H2,1H3,(H2,13,16). The average Bonchev–Trinajstić information content (AvgIpc) is 2.81. The molecular formula is C12H23N3O2. The largest absolute Gasteiger partial charge is 0.380 e. The Morgan fingerprint density at radius 1 is 1.41 bits per heavy atom. The first-order valence-corrected chi connectivity index (χ1v) is 6.41. The van der Waals surface area contributed by atoms with Crippen molar-refractivity contribution in [3.8, 4) is 0 Å². The second-order valence-corrected chi connectivity index (χ2v) is 5.45. The maximum atomic E-state index is 11.4. The summed E-state index contributed by atoms with van der Waals surface area (Å²) < 4.78 is 5.40. The van der Waals surface area contributed by atoms with Crippen LogP contribution in [0, 0.1) is 0 Å². The van der Waals surface area contributed by atoms with E-state index in [9.17, 15) is 4.79 Å². The molecule has 0 aromatic carbocycles. The SMILES string of the molecule is CN(C1CCOC1)C1CCCC(N)(C(N)=O)C1. The molecule has 1 amide bonds. The normalized spacial score (nSPS) is 38.5. The van der Waals surface area contributed by atoms with E-state index in [1.54, 1.807) is 0 Å². The molecule has 0 aromatic rings. The topological polar surface area (TPSA) is 81.6 Å². The number of nitrogens with zero attached hydrogens (tertiary/aromatic N) is 1. The van der Waals surface area contributed by atoms with Crippen LogP contribution in [0.4, 0.5) is 0 Å². The minimum Gasteiger partial charge on any atom is -0.380 e. The van der Waals surface area contributed by atoms with Gasteiger partial charge in [-0.1, -0.05) is 0 Å². The lowest BCUT2D eigenvalue weighted by molar-refractivity contribution is -0.125. The first kappa shape index (κ1) is 12.8. The van der Waals surface area contributed by atoms with Crippen molar-refractivity contribution in [3.05, 3.63) is 0 Å². The van der Waals surface area contributed by atoms with Gasteiger partial charge in [0.15, 0.2) is 0 Å². The first-order chi connectivity index (χ1) is 8.03. The van der Waals surface area contributed by atoms with Crippen molar-refractivity contribution in [2.75, 3.05) is 20.3 Å². The van der Waals surface area contributed by atoms with Crippen molar-refractivity contribution in [2.24, 2.45) is 11.5 Å². The van der Waals surface area contributed by atoms with Gasteiger partial charge in [0.05, 0.1) is 12.1 Å².